The third kappa shape index (κ3) is 3.92. The van der Waals surface area contributed by atoms with Crippen LogP contribution in [0.2, 0.25) is 0 Å². The number of halogens is 2. The highest BCUT2D eigenvalue weighted by Crippen LogP contribution is 2.25. The number of aryl methyl sites for hydroxylation is 2. The summed E-state index contributed by atoms with van der Waals surface area (Å²) in [6.45, 7) is 8.50. The van der Waals surface area contributed by atoms with Gasteiger partial charge in [-0.05, 0) is 72.4 Å². The van der Waals surface area contributed by atoms with Crippen LogP contribution >= 0.6 is 15.9 Å². The van der Waals surface area contributed by atoms with E-state index >= 15 is 0 Å². The third-order valence-electron chi connectivity index (χ3n) is 3.84. The summed E-state index contributed by atoms with van der Waals surface area (Å²) in [5, 5.41) is 3.58. The molecule has 0 saturated carbocycles. The predicted molar refractivity (Wildman–Crippen MR) is 90.0 cm³/mol. The topological polar surface area (TPSA) is 12.0 Å². The Bertz CT molecular complexity index is 639. The first kappa shape index (κ1) is 16.2. The van der Waals surface area contributed by atoms with E-state index in [9.17, 15) is 4.39 Å². The second-order valence-electron chi connectivity index (χ2n) is 5.64. The average Bonchev–Trinajstić information content (AvgIpc) is 2.41. The van der Waals surface area contributed by atoms with Gasteiger partial charge in [0.25, 0.3) is 0 Å². The molecule has 2 atom stereocenters. The van der Waals surface area contributed by atoms with E-state index in [0.717, 1.165) is 5.56 Å². The molecule has 0 aliphatic carbocycles. The summed E-state index contributed by atoms with van der Waals surface area (Å²) < 4.78 is 13.8. The molecule has 2 rings (SSSR count). The lowest BCUT2D eigenvalue weighted by Crippen LogP contribution is -2.23. The number of benzene rings is 2. The summed E-state index contributed by atoms with van der Waals surface area (Å²) in [6.07, 6.45) is 0. The Morgan fingerprint density at radius 3 is 2.33 bits per heavy atom. The summed E-state index contributed by atoms with van der Waals surface area (Å²) in [6, 6.07) is 12.1. The number of rotatable bonds is 4. The van der Waals surface area contributed by atoms with Crippen molar-refractivity contribution in [3.63, 3.8) is 0 Å². The molecule has 0 amide bonds. The minimum absolute atomic E-state index is 0.151. The second-order valence-corrected chi connectivity index (χ2v) is 6.50. The fourth-order valence-corrected chi connectivity index (χ4v) is 3.05. The molecular formula is C18H21BrFN. The van der Waals surface area contributed by atoms with Crippen molar-refractivity contribution in [3.05, 3.63) is 68.9 Å². The minimum Gasteiger partial charge on any atom is -0.304 e. The van der Waals surface area contributed by atoms with Gasteiger partial charge in [-0.3, -0.25) is 0 Å². The molecule has 3 heteroatoms. The van der Waals surface area contributed by atoms with Crippen molar-refractivity contribution >= 4 is 15.9 Å². The van der Waals surface area contributed by atoms with Crippen LogP contribution in [0.25, 0.3) is 0 Å². The molecule has 0 fully saturated rings. The highest BCUT2D eigenvalue weighted by Gasteiger charge is 2.14. The van der Waals surface area contributed by atoms with Crippen molar-refractivity contribution in [2.45, 2.75) is 39.8 Å². The summed E-state index contributed by atoms with van der Waals surface area (Å²) >= 11 is 3.24. The lowest BCUT2D eigenvalue weighted by atomic mass is 9.99. The van der Waals surface area contributed by atoms with Crippen LogP contribution in [-0.2, 0) is 0 Å². The predicted octanol–water partition coefficient (Wildman–Crippen LogP) is 5.62. The fourth-order valence-electron chi connectivity index (χ4n) is 2.65. The molecule has 2 aromatic carbocycles. The molecule has 0 aromatic heterocycles. The Balaban J connectivity index is 2.14. The minimum atomic E-state index is -0.228. The maximum Gasteiger partial charge on any atom is 0.137 e. The Labute approximate surface area is 134 Å². The zero-order chi connectivity index (χ0) is 15.6. The van der Waals surface area contributed by atoms with Gasteiger partial charge < -0.3 is 5.32 Å². The van der Waals surface area contributed by atoms with Crippen LogP contribution in [0, 0.1) is 19.7 Å². The van der Waals surface area contributed by atoms with E-state index in [0.29, 0.717) is 4.47 Å². The van der Waals surface area contributed by atoms with Gasteiger partial charge in [-0.25, -0.2) is 4.39 Å². The standard InChI is InChI=1S/C18H21BrFN/c1-11-5-7-16(12(2)9-11)14(4)21-13(3)15-6-8-18(20)17(19)10-15/h5-10,13-14,21H,1-4H3. The van der Waals surface area contributed by atoms with Gasteiger partial charge in [-0.2, -0.15) is 0 Å². The highest BCUT2D eigenvalue weighted by atomic mass is 79.9. The zero-order valence-electron chi connectivity index (χ0n) is 12.9. The molecule has 1 nitrogen and oxygen atoms in total. The first-order chi connectivity index (χ1) is 9.88. The van der Waals surface area contributed by atoms with Crippen LogP contribution in [0.3, 0.4) is 0 Å². The fraction of sp³-hybridized carbons (Fsp3) is 0.333. The van der Waals surface area contributed by atoms with Crippen LogP contribution in [0.4, 0.5) is 4.39 Å². The molecule has 21 heavy (non-hydrogen) atoms. The maximum atomic E-state index is 13.3. The van der Waals surface area contributed by atoms with Crippen molar-refractivity contribution in [1.29, 1.82) is 0 Å². The number of hydrogen-bond acceptors (Lipinski definition) is 1. The second kappa shape index (κ2) is 6.71. The number of nitrogens with one attached hydrogen (secondary N) is 1. The van der Waals surface area contributed by atoms with E-state index in [1.54, 1.807) is 0 Å². The van der Waals surface area contributed by atoms with Gasteiger partial charge in [0.1, 0.15) is 5.82 Å². The van der Waals surface area contributed by atoms with Crippen LogP contribution < -0.4 is 5.32 Å². The molecule has 0 spiro atoms. The Morgan fingerprint density at radius 1 is 1.00 bits per heavy atom. The molecule has 112 valence electrons. The Kier molecular flexibility index (Phi) is 5.17. The van der Waals surface area contributed by atoms with Crippen LogP contribution in [0.15, 0.2) is 40.9 Å². The Hall–Kier alpha value is -1.19. The molecule has 0 heterocycles. The SMILES string of the molecule is Cc1ccc(C(C)NC(C)c2ccc(F)c(Br)c2)c(C)c1. The van der Waals surface area contributed by atoms with Gasteiger partial charge in [0.15, 0.2) is 0 Å². The van der Waals surface area contributed by atoms with Crippen LogP contribution in [0.1, 0.15) is 48.2 Å². The summed E-state index contributed by atoms with van der Waals surface area (Å²) in [7, 11) is 0. The first-order valence-corrected chi connectivity index (χ1v) is 7.96. The monoisotopic (exact) mass is 349 g/mol. The molecule has 2 unspecified atom stereocenters. The van der Waals surface area contributed by atoms with E-state index in [-0.39, 0.29) is 17.9 Å². The van der Waals surface area contributed by atoms with Gasteiger partial charge >= 0.3 is 0 Å². The highest BCUT2D eigenvalue weighted by molar-refractivity contribution is 9.10. The largest absolute Gasteiger partial charge is 0.304 e. The van der Waals surface area contributed by atoms with Crippen LogP contribution in [0.5, 0.6) is 0 Å². The summed E-state index contributed by atoms with van der Waals surface area (Å²) in [5.41, 5.74) is 4.94. The maximum absolute atomic E-state index is 13.3. The van der Waals surface area contributed by atoms with E-state index in [4.69, 9.17) is 0 Å². The van der Waals surface area contributed by atoms with Gasteiger partial charge in [-0.15, -0.1) is 0 Å². The summed E-state index contributed by atoms with van der Waals surface area (Å²) in [5.74, 6) is -0.228. The van der Waals surface area contributed by atoms with Crippen LogP contribution in [-0.4, -0.2) is 0 Å². The lowest BCUT2D eigenvalue weighted by molar-refractivity contribution is 0.492. The molecule has 0 saturated heterocycles. The van der Waals surface area contributed by atoms with Crippen molar-refractivity contribution in [2.24, 2.45) is 0 Å². The van der Waals surface area contributed by atoms with E-state index < -0.39 is 0 Å². The molecule has 1 N–H and O–H groups in total. The molecule has 0 aliphatic rings. The van der Waals surface area contributed by atoms with E-state index in [1.165, 1.54) is 22.8 Å². The van der Waals surface area contributed by atoms with Crippen molar-refractivity contribution < 1.29 is 4.39 Å². The molecule has 2 aromatic rings. The van der Waals surface area contributed by atoms with Gasteiger partial charge in [0, 0.05) is 12.1 Å². The molecule has 0 radical (unpaired) electrons. The molecule has 0 aliphatic heterocycles. The van der Waals surface area contributed by atoms with Gasteiger partial charge in [0.05, 0.1) is 4.47 Å². The summed E-state index contributed by atoms with van der Waals surface area (Å²) in [4.78, 5) is 0. The molecule has 0 bridgehead atoms. The number of hydrogen-bond donors (Lipinski definition) is 1. The van der Waals surface area contributed by atoms with Crippen molar-refractivity contribution in [2.75, 3.05) is 0 Å². The average molecular weight is 350 g/mol. The first-order valence-electron chi connectivity index (χ1n) is 7.16. The molecular weight excluding hydrogens is 329 g/mol. The van der Waals surface area contributed by atoms with E-state index in [1.807, 2.05) is 12.1 Å². The van der Waals surface area contributed by atoms with Crippen molar-refractivity contribution in [1.82, 2.24) is 5.32 Å². The van der Waals surface area contributed by atoms with Crippen molar-refractivity contribution in [3.8, 4) is 0 Å². The third-order valence-corrected chi connectivity index (χ3v) is 4.44. The normalized spacial score (nSPS) is 14.0. The smallest absolute Gasteiger partial charge is 0.137 e. The van der Waals surface area contributed by atoms with Gasteiger partial charge in [-0.1, -0.05) is 29.8 Å². The van der Waals surface area contributed by atoms with Gasteiger partial charge in [0.2, 0.25) is 0 Å². The zero-order valence-corrected chi connectivity index (χ0v) is 14.5. The quantitative estimate of drug-likeness (QED) is 0.755. The van der Waals surface area contributed by atoms with E-state index in [2.05, 4.69) is 67.1 Å². The Morgan fingerprint density at radius 2 is 1.71 bits per heavy atom. The lowest BCUT2D eigenvalue weighted by Gasteiger charge is -2.22.